The summed E-state index contributed by atoms with van der Waals surface area (Å²) < 4.78 is 19.0. The molecule has 0 bridgehead atoms. The first-order chi connectivity index (χ1) is 14.1. The van der Waals surface area contributed by atoms with Crippen LogP contribution in [0.3, 0.4) is 0 Å². The Hall–Kier alpha value is -3.65. The van der Waals surface area contributed by atoms with Gasteiger partial charge in [0.15, 0.2) is 5.82 Å². The molecule has 29 heavy (non-hydrogen) atoms. The van der Waals surface area contributed by atoms with Crippen molar-refractivity contribution in [2.75, 3.05) is 0 Å². The fourth-order valence-corrected chi connectivity index (χ4v) is 4.25. The number of hydrogen-bond acceptors (Lipinski definition) is 6. The van der Waals surface area contributed by atoms with Gasteiger partial charge in [-0.3, -0.25) is 4.79 Å². The van der Waals surface area contributed by atoms with E-state index in [0.29, 0.717) is 16.1 Å². The molecule has 5 rings (SSSR count). The van der Waals surface area contributed by atoms with Gasteiger partial charge in [0.2, 0.25) is 5.89 Å². The molecule has 0 saturated carbocycles. The van der Waals surface area contributed by atoms with Crippen LogP contribution in [-0.2, 0) is 0 Å². The Morgan fingerprint density at radius 2 is 1.69 bits per heavy atom. The molecule has 142 valence electrons. The van der Waals surface area contributed by atoms with Crippen LogP contribution < -0.4 is 5.56 Å². The molecule has 0 fully saturated rings. The Kier molecular flexibility index (Phi) is 4.06. The minimum atomic E-state index is -0.328. The van der Waals surface area contributed by atoms with E-state index in [-0.39, 0.29) is 23.1 Å². The van der Waals surface area contributed by atoms with E-state index in [9.17, 15) is 9.18 Å². The molecule has 0 aliphatic carbocycles. The Bertz CT molecular complexity index is 1390. The zero-order chi connectivity index (χ0) is 20.0. The predicted molar refractivity (Wildman–Crippen MR) is 109 cm³/mol. The minimum Gasteiger partial charge on any atom is -0.413 e. The smallest absolute Gasteiger partial charge is 0.284 e. The summed E-state index contributed by atoms with van der Waals surface area (Å²) in [4.78, 5) is 21.6. The number of aromatic nitrogens is 4. The molecule has 2 aromatic carbocycles. The quantitative estimate of drug-likeness (QED) is 0.466. The number of nitrogens with one attached hydrogen (secondary N) is 1. The van der Waals surface area contributed by atoms with Crippen LogP contribution in [0, 0.1) is 12.7 Å². The molecule has 3 aromatic heterocycles. The van der Waals surface area contributed by atoms with E-state index in [0.717, 1.165) is 21.6 Å². The Morgan fingerprint density at radius 3 is 2.45 bits per heavy atom. The number of H-pyrrole nitrogens is 1. The van der Waals surface area contributed by atoms with Gasteiger partial charge in [-0.2, -0.15) is 0 Å². The van der Waals surface area contributed by atoms with E-state index in [1.54, 1.807) is 12.1 Å². The van der Waals surface area contributed by atoms with Crippen molar-refractivity contribution in [2.24, 2.45) is 0 Å². The van der Waals surface area contributed by atoms with E-state index in [1.165, 1.54) is 23.5 Å². The third-order valence-electron chi connectivity index (χ3n) is 4.52. The molecule has 6 nitrogen and oxygen atoms in total. The zero-order valence-corrected chi connectivity index (χ0v) is 16.0. The van der Waals surface area contributed by atoms with E-state index >= 15 is 0 Å². The van der Waals surface area contributed by atoms with Gasteiger partial charge in [-0.1, -0.05) is 30.3 Å². The lowest BCUT2D eigenvalue weighted by Gasteiger charge is -2.02. The number of halogens is 1. The lowest BCUT2D eigenvalue weighted by molar-refractivity contribution is 0.579. The second kappa shape index (κ2) is 6.75. The first kappa shape index (κ1) is 17.4. The lowest BCUT2D eigenvalue weighted by Crippen LogP contribution is -2.09. The highest BCUT2D eigenvalue weighted by Crippen LogP contribution is 2.36. The van der Waals surface area contributed by atoms with Crippen molar-refractivity contribution in [3.63, 3.8) is 0 Å². The molecule has 0 unspecified atom stereocenters. The Morgan fingerprint density at radius 1 is 0.966 bits per heavy atom. The van der Waals surface area contributed by atoms with Gasteiger partial charge in [-0.25, -0.2) is 9.37 Å². The number of nitrogens with zero attached hydrogens (tertiary/aromatic N) is 3. The Balaban J connectivity index is 1.63. The number of thiophene rings is 1. The fraction of sp³-hybridized carbons (Fsp3) is 0.0476. The van der Waals surface area contributed by atoms with Crippen molar-refractivity contribution in [1.29, 1.82) is 0 Å². The first-order valence-electron chi connectivity index (χ1n) is 8.79. The molecule has 8 heteroatoms. The van der Waals surface area contributed by atoms with E-state index < -0.39 is 0 Å². The van der Waals surface area contributed by atoms with Crippen molar-refractivity contribution in [3.8, 4) is 34.3 Å². The number of aryl methyl sites for hydroxylation is 1. The topological polar surface area (TPSA) is 84.7 Å². The predicted octanol–water partition coefficient (Wildman–Crippen LogP) is 4.82. The molecule has 3 heterocycles. The molecule has 0 radical (unpaired) electrons. The maximum absolute atomic E-state index is 13.3. The summed E-state index contributed by atoms with van der Waals surface area (Å²) in [7, 11) is 0. The standard InChI is InChI=1S/C21H13FN4O2S/c1-11-15(12-7-9-14(22)10-8-12)16-18(27)23-17(24-21(16)29-11)20-26-25-19(28-20)13-5-3-2-4-6-13/h2-10H,1H3,(H,23,24,27). The third-order valence-corrected chi connectivity index (χ3v) is 5.52. The van der Waals surface area contributed by atoms with Crippen LogP contribution >= 0.6 is 11.3 Å². The molecule has 0 amide bonds. The maximum Gasteiger partial charge on any atom is 0.284 e. The van der Waals surface area contributed by atoms with E-state index in [2.05, 4.69) is 20.2 Å². The van der Waals surface area contributed by atoms with Gasteiger partial charge in [0.25, 0.3) is 11.4 Å². The highest BCUT2D eigenvalue weighted by molar-refractivity contribution is 7.19. The normalized spacial score (nSPS) is 11.2. The lowest BCUT2D eigenvalue weighted by atomic mass is 10.0. The number of hydrogen-bond donors (Lipinski definition) is 1. The molecular weight excluding hydrogens is 391 g/mol. The molecule has 0 spiro atoms. The summed E-state index contributed by atoms with van der Waals surface area (Å²) in [6.07, 6.45) is 0. The molecule has 0 saturated heterocycles. The number of rotatable bonds is 3. The molecule has 5 aromatic rings. The van der Waals surface area contributed by atoms with Gasteiger partial charge >= 0.3 is 0 Å². The number of fused-ring (bicyclic) bond motifs is 1. The van der Waals surface area contributed by atoms with Gasteiger partial charge in [-0.15, -0.1) is 21.5 Å². The SMILES string of the molecule is Cc1sc2nc(-c3nnc(-c4ccccc4)o3)[nH]c(=O)c2c1-c1ccc(F)cc1. The van der Waals surface area contributed by atoms with Crippen LogP contribution in [0.4, 0.5) is 4.39 Å². The molecule has 0 aliphatic heterocycles. The summed E-state index contributed by atoms with van der Waals surface area (Å²) in [5.74, 6) is 0.366. The summed E-state index contributed by atoms with van der Waals surface area (Å²) in [6.45, 7) is 1.91. The van der Waals surface area contributed by atoms with Crippen molar-refractivity contribution in [2.45, 2.75) is 6.92 Å². The van der Waals surface area contributed by atoms with Gasteiger partial charge < -0.3 is 9.40 Å². The average Bonchev–Trinajstić information content (AvgIpc) is 3.34. The third kappa shape index (κ3) is 3.03. The second-order valence-electron chi connectivity index (χ2n) is 6.41. The first-order valence-corrected chi connectivity index (χ1v) is 9.60. The molecule has 1 N–H and O–H groups in total. The van der Waals surface area contributed by atoms with E-state index in [4.69, 9.17) is 4.42 Å². The highest BCUT2D eigenvalue weighted by atomic mass is 32.1. The summed E-state index contributed by atoms with van der Waals surface area (Å²) in [6, 6.07) is 15.4. The monoisotopic (exact) mass is 404 g/mol. The summed E-state index contributed by atoms with van der Waals surface area (Å²) in [5.41, 5.74) is 1.98. The van der Waals surface area contributed by atoms with Crippen LogP contribution in [0.2, 0.25) is 0 Å². The van der Waals surface area contributed by atoms with Crippen molar-refractivity contribution < 1.29 is 8.81 Å². The van der Waals surface area contributed by atoms with Crippen LogP contribution in [0.25, 0.3) is 44.5 Å². The van der Waals surface area contributed by atoms with Crippen molar-refractivity contribution in [1.82, 2.24) is 20.2 Å². The minimum absolute atomic E-state index is 0.136. The van der Waals surface area contributed by atoms with Crippen LogP contribution in [0.15, 0.2) is 63.8 Å². The van der Waals surface area contributed by atoms with Gasteiger partial charge in [0.1, 0.15) is 10.6 Å². The maximum atomic E-state index is 13.3. The Labute approximate surface area is 167 Å². The average molecular weight is 404 g/mol. The van der Waals surface area contributed by atoms with Crippen LogP contribution in [0.1, 0.15) is 4.88 Å². The fourth-order valence-electron chi connectivity index (χ4n) is 3.20. The van der Waals surface area contributed by atoms with Gasteiger partial charge in [-0.05, 0) is 36.8 Å². The van der Waals surface area contributed by atoms with Crippen LogP contribution in [0.5, 0.6) is 0 Å². The molecular formula is C21H13FN4O2S. The summed E-state index contributed by atoms with van der Waals surface area (Å²) in [5, 5.41) is 8.53. The van der Waals surface area contributed by atoms with E-state index in [1.807, 2.05) is 37.3 Å². The molecule has 0 aliphatic rings. The second-order valence-corrected chi connectivity index (χ2v) is 7.62. The van der Waals surface area contributed by atoms with Crippen molar-refractivity contribution in [3.05, 3.63) is 75.6 Å². The van der Waals surface area contributed by atoms with Gasteiger partial charge in [0.05, 0.1) is 5.39 Å². The number of benzene rings is 2. The highest BCUT2D eigenvalue weighted by Gasteiger charge is 2.19. The largest absolute Gasteiger partial charge is 0.413 e. The van der Waals surface area contributed by atoms with Gasteiger partial charge in [0, 0.05) is 16.0 Å². The van der Waals surface area contributed by atoms with Crippen LogP contribution in [-0.4, -0.2) is 20.2 Å². The zero-order valence-electron chi connectivity index (χ0n) is 15.1. The number of aromatic amines is 1. The molecule has 0 atom stereocenters. The van der Waals surface area contributed by atoms with Crippen molar-refractivity contribution >= 4 is 21.6 Å². The summed E-state index contributed by atoms with van der Waals surface area (Å²) >= 11 is 1.39.